The van der Waals surface area contributed by atoms with Crippen molar-refractivity contribution in [1.82, 2.24) is 5.32 Å². The topological polar surface area (TPSA) is 12.0 Å². The minimum atomic E-state index is 0.819. The predicted molar refractivity (Wildman–Crippen MR) is 27.4 cm³/mol. The van der Waals surface area contributed by atoms with Gasteiger partial charge in [0.05, 0.1) is 0 Å². The Morgan fingerprint density at radius 3 is 2.33 bits per heavy atom. The van der Waals surface area contributed by atoms with Gasteiger partial charge in [0.15, 0.2) is 0 Å². The summed E-state index contributed by atoms with van der Waals surface area (Å²) < 4.78 is 0. The van der Waals surface area contributed by atoms with E-state index >= 15 is 0 Å². The average Bonchev–Trinajstić information content (AvgIpc) is 1.35. The lowest BCUT2D eigenvalue weighted by Gasteiger charge is -1.90. The second-order valence-corrected chi connectivity index (χ2v) is 1.38. The molecule has 0 rings (SSSR count). The van der Waals surface area contributed by atoms with Crippen LogP contribution in [0.15, 0.2) is 5.57 Å². The molecule has 0 aromatic carbocycles. The zero-order valence-electron chi connectivity index (χ0n) is 4.28. The third kappa shape index (κ3) is 3.70. The van der Waals surface area contributed by atoms with Gasteiger partial charge in [0.25, 0.3) is 0 Å². The molecule has 0 unspecified atom stereocenters. The van der Waals surface area contributed by atoms with Gasteiger partial charge in [-0.15, -0.1) is 0 Å². The fourth-order valence-corrected chi connectivity index (χ4v) is 0.279. The number of nitrogens with one attached hydrogen (secondary N) is 1. The molecule has 0 saturated heterocycles. The van der Waals surface area contributed by atoms with Gasteiger partial charge in [-0.2, -0.15) is 0 Å². The SMILES string of the molecule is [CH]=C(C)CNC. The first-order valence-corrected chi connectivity index (χ1v) is 2.00. The maximum absolute atomic E-state index is 5.26. The molecule has 0 bridgehead atoms. The zero-order valence-corrected chi connectivity index (χ0v) is 4.28. The van der Waals surface area contributed by atoms with E-state index in [1.807, 2.05) is 14.0 Å². The van der Waals surface area contributed by atoms with Gasteiger partial charge in [-0.3, -0.25) is 0 Å². The lowest BCUT2D eigenvalue weighted by atomic mass is 10.4. The van der Waals surface area contributed by atoms with Crippen molar-refractivity contribution >= 4 is 0 Å². The number of hydrogen-bond acceptors (Lipinski definition) is 1. The summed E-state index contributed by atoms with van der Waals surface area (Å²) in [6.45, 7) is 7.96. The van der Waals surface area contributed by atoms with Crippen LogP contribution in [0.4, 0.5) is 0 Å². The van der Waals surface area contributed by atoms with Gasteiger partial charge in [-0.25, -0.2) is 0 Å². The summed E-state index contributed by atoms with van der Waals surface area (Å²) >= 11 is 0. The molecule has 0 atom stereocenters. The standard InChI is InChI=1S/C5H10N/c1-5(2)4-6-3/h1,6H,4H2,2-3H3. The second kappa shape index (κ2) is 2.91. The Balaban J connectivity index is 2.83. The van der Waals surface area contributed by atoms with Crippen molar-refractivity contribution in [2.45, 2.75) is 6.92 Å². The van der Waals surface area contributed by atoms with E-state index in [9.17, 15) is 0 Å². The maximum Gasteiger partial charge on any atom is 0.0161 e. The molecule has 35 valence electrons. The number of rotatable bonds is 2. The van der Waals surface area contributed by atoms with Crippen molar-refractivity contribution < 1.29 is 0 Å². The van der Waals surface area contributed by atoms with Gasteiger partial charge in [0, 0.05) is 6.54 Å². The molecule has 0 aliphatic heterocycles. The monoisotopic (exact) mass is 84.1 g/mol. The first kappa shape index (κ1) is 5.70. The summed E-state index contributed by atoms with van der Waals surface area (Å²) in [5.41, 5.74) is 0.928. The van der Waals surface area contributed by atoms with E-state index in [0.29, 0.717) is 0 Å². The van der Waals surface area contributed by atoms with Gasteiger partial charge in [-0.05, 0) is 14.0 Å². The summed E-state index contributed by atoms with van der Waals surface area (Å²) in [5.74, 6) is 0. The lowest BCUT2D eigenvalue weighted by molar-refractivity contribution is 0.881. The quantitative estimate of drug-likeness (QED) is 0.516. The van der Waals surface area contributed by atoms with E-state index in [1.54, 1.807) is 0 Å². The van der Waals surface area contributed by atoms with Crippen LogP contribution in [0.1, 0.15) is 6.92 Å². The van der Waals surface area contributed by atoms with Crippen molar-refractivity contribution in [3.63, 3.8) is 0 Å². The van der Waals surface area contributed by atoms with Gasteiger partial charge < -0.3 is 5.32 Å². The van der Waals surface area contributed by atoms with E-state index in [0.717, 1.165) is 12.1 Å². The molecule has 0 heterocycles. The Labute approximate surface area is 39.1 Å². The minimum Gasteiger partial charge on any atom is -0.316 e. The van der Waals surface area contributed by atoms with E-state index in [2.05, 4.69) is 5.32 Å². The molecule has 0 aromatic heterocycles. The van der Waals surface area contributed by atoms with Crippen LogP contribution in [0.3, 0.4) is 0 Å². The summed E-state index contributed by atoms with van der Waals surface area (Å²) in [6, 6.07) is 0. The molecule has 6 heavy (non-hydrogen) atoms. The van der Waals surface area contributed by atoms with Crippen LogP contribution in [0, 0.1) is 6.58 Å². The van der Waals surface area contributed by atoms with Crippen molar-refractivity contribution in [3.8, 4) is 0 Å². The van der Waals surface area contributed by atoms with E-state index in [1.165, 1.54) is 0 Å². The molecule has 1 nitrogen and oxygen atoms in total. The highest BCUT2D eigenvalue weighted by Crippen LogP contribution is 1.76. The first-order valence-electron chi connectivity index (χ1n) is 2.00. The van der Waals surface area contributed by atoms with Crippen molar-refractivity contribution in [2.24, 2.45) is 0 Å². The van der Waals surface area contributed by atoms with Crippen molar-refractivity contribution in [1.29, 1.82) is 0 Å². The molecule has 0 spiro atoms. The Morgan fingerprint density at radius 2 is 2.33 bits per heavy atom. The lowest BCUT2D eigenvalue weighted by Crippen LogP contribution is -2.07. The molecule has 1 heteroatoms. The molecule has 0 aliphatic carbocycles. The van der Waals surface area contributed by atoms with Gasteiger partial charge in [0.1, 0.15) is 0 Å². The van der Waals surface area contributed by atoms with E-state index in [-0.39, 0.29) is 0 Å². The van der Waals surface area contributed by atoms with Gasteiger partial charge >= 0.3 is 0 Å². The smallest absolute Gasteiger partial charge is 0.0161 e. The normalized spacial score (nSPS) is 8.33. The van der Waals surface area contributed by atoms with Crippen molar-refractivity contribution in [3.05, 3.63) is 12.2 Å². The van der Waals surface area contributed by atoms with E-state index in [4.69, 9.17) is 6.58 Å². The number of hydrogen-bond donors (Lipinski definition) is 1. The Morgan fingerprint density at radius 1 is 1.83 bits per heavy atom. The van der Waals surface area contributed by atoms with Crippen LogP contribution in [-0.4, -0.2) is 13.6 Å². The number of likely N-dealkylation sites (N-methyl/N-ethyl adjacent to an activating group) is 1. The fourth-order valence-electron chi connectivity index (χ4n) is 0.279. The summed E-state index contributed by atoms with van der Waals surface area (Å²) in [6.07, 6.45) is 0. The van der Waals surface area contributed by atoms with Gasteiger partial charge in [0.2, 0.25) is 0 Å². The molecule has 0 saturated carbocycles. The predicted octanol–water partition coefficient (Wildman–Crippen LogP) is 0.585. The Kier molecular flexibility index (Phi) is 2.77. The summed E-state index contributed by atoms with van der Waals surface area (Å²) in [4.78, 5) is 0. The third-order valence-electron chi connectivity index (χ3n) is 0.456. The zero-order chi connectivity index (χ0) is 4.99. The molecule has 0 amide bonds. The second-order valence-electron chi connectivity index (χ2n) is 1.38. The molecule has 0 aliphatic rings. The molecule has 0 aromatic rings. The van der Waals surface area contributed by atoms with Crippen LogP contribution >= 0.6 is 0 Å². The third-order valence-corrected chi connectivity index (χ3v) is 0.456. The highest BCUT2D eigenvalue weighted by molar-refractivity contribution is 4.86. The largest absolute Gasteiger partial charge is 0.316 e. The molecule has 1 radical (unpaired) electrons. The summed E-state index contributed by atoms with van der Waals surface area (Å²) in [5, 5.41) is 2.91. The molecule has 1 N–H and O–H groups in total. The van der Waals surface area contributed by atoms with Crippen LogP contribution in [0.25, 0.3) is 0 Å². The Hall–Kier alpha value is -0.300. The van der Waals surface area contributed by atoms with Crippen LogP contribution in [0.2, 0.25) is 0 Å². The van der Waals surface area contributed by atoms with Crippen molar-refractivity contribution in [2.75, 3.05) is 13.6 Å². The highest BCUT2D eigenvalue weighted by Gasteiger charge is 1.74. The highest BCUT2D eigenvalue weighted by atomic mass is 14.8. The molecular weight excluding hydrogens is 74.1 g/mol. The summed E-state index contributed by atoms with van der Waals surface area (Å²) in [7, 11) is 1.87. The minimum absolute atomic E-state index is 0.819. The maximum atomic E-state index is 5.26. The van der Waals surface area contributed by atoms with Crippen LogP contribution < -0.4 is 5.32 Å². The van der Waals surface area contributed by atoms with Crippen LogP contribution in [-0.2, 0) is 0 Å². The van der Waals surface area contributed by atoms with Gasteiger partial charge in [-0.1, -0.05) is 12.2 Å². The molecule has 0 fully saturated rings. The Bertz CT molecular complexity index is 47.9. The first-order chi connectivity index (χ1) is 2.77. The average molecular weight is 84.1 g/mol. The fraction of sp³-hybridized carbons (Fsp3) is 0.600. The van der Waals surface area contributed by atoms with Crippen LogP contribution in [0.5, 0.6) is 0 Å². The van der Waals surface area contributed by atoms with E-state index < -0.39 is 0 Å². The molecular formula is C5H10N.